The van der Waals surface area contributed by atoms with Gasteiger partial charge >= 0.3 is 5.97 Å². The summed E-state index contributed by atoms with van der Waals surface area (Å²) in [5.41, 5.74) is 4.59. The van der Waals surface area contributed by atoms with Gasteiger partial charge in [0.15, 0.2) is 5.76 Å². The molecule has 6 rings (SSSR count). The van der Waals surface area contributed by atoms with Crippen LogP contribution in [0.5, 0.6) is 5.75 Å². The summed E-state index contributed by atoms with van der Waals surface area (Å²) in [5.74, 6) is 0.857. The summed E-state index contributed by atoms with van der Waals surface area (Å²) in [5, 5.41) is 5.96. The number of nitrogens with zero attached hydrogens (tertiary/aromatic N) is 4. The first-order valence-corrected chi connectivity index (χ1v) is 13.3. The van der Waals surface area contributed by atoms with Crippen molar-refractivity contribution >= 4 is 50.0 Å². The van der Waals surface area contributed by atoms with E-state index in [0.29, 0.717) is 33.8 Å². The summed E-state index contributed by atoms with van der Waals surface area (Å²) in [7, 11) is 0. The van der Waals surface area contributed by atoms with Crippen LogP contribution in [0.4, 0.5) is 0 Å². The third kappa shape index (κ3) is 4.65. The smallest absolute Gasteiger partial charge is 0.308 e. The highest BCUT2D eigenvalue weighted by atomic mass is 79.9. The highest BCUT2D eigenvalue weighted by Crippen LogP contribution is 2.29. The van der Waals surface area contributed by atoms with Crippen molar-refractivity contribution in [2.75, 3.05) is 0 Å². The van der Waals surface area contributed by atoms with Crippen LogP contribution in [-0.4, -0.2) is 26.4 Å². The van der Waals surface area contributed by atoms with Crippen molar-refractivity contribution in [1.29, 1.82) is 0 Å². The van der Waals surface area contributed by atoms with Crippen molar-refractivity contribution in [2.24, 2.45) is 5.10 Å². The van der Waals surface area contributed by atoms with E-state index in [0.717, 1.165) is 32.5 Å². The van der Waals surface area contributed by atoms with Crippen molar-refractivity contribution in [1.82, 2.24) is 14.2 Å². The van der Waals surface area contributed by atoms with E-state index in [2.05, 4.69) is 25.6 Å². The maximum Gasteiger partial charge on any atom is 0.308 e. The molecule has 9 heteroatoms. The van der Waals surface area contributed by atoms with Gasteiger partial charge in [0.05, 0.1) is 17.1 Å². The zero-order chi connectivity index (χ0) is 28.0. The molecule has 198 valence electrons. The van der Waals surface area contributed by atoms with Gasteiger partial charge in [0, 0.05) is 39.4 Å². The number of aromatic nitrogens is 3. The van der Waals surface area contributed by atoms with Crippen molar-refractivity contribution < 1.29 is 13.9 Å². The largest absolute Gasteiger partial charge is 0.453 e. The molecular weight excluding hydrogens is 572 g/mol. The fraction of sp³-hybridized carbons (Fsp3) is 0.0968. The van der Waals surface area contributed by atoms with E-state index < -0.39 is 0 Å². The Bertz CT molecular complexity index is 2020. The Hall–Kier alpha value is -4.76. The van der Waals surface area contributed by atoms with Crippen LogP contribution >= 0.6 is 15.9 Å². The molecule has 3 heterocycles. The molecule has 0 aliphatic carbocycles. The third-order valence-electron chi connectivity index (χ3n) is 6.59. The number of benzene rings is 3. The lowest BCUT2D eigenvalue weighted by molar-refractivity contribution is -0.131. The number of rotatable bonds is 5. The molecule has 3 aromatic heterocycles. The molecule has 40 heavy (non-hydrogen) atoms. The van der Waals surface area contributed by atoms with Gasteiger partial charge in [-0.3, -0.25) is 9.59 Å². The van der Waals surface area contributed by atoms with Crippen LogP contribution in [-0.2, 0) is 4.79 Å². The van der Waals surface area contributed by atoms with Crippen molar-refractivity contribution in [3.63, 3.8) is 0 Å². The molecule has 0 aliphatic heterocycles. The lowest BCUT2D eigenvalue weighted by Crippen LogP contribution is -2.20. The minimum atomic E-state index is -0.368. The number of carbonyl (C=O) groups is 1. The van der Waals surface area contributed by atoms with Crippen LogP contribution in [0.15, 0.2) is 97.6 Å². The summed E-state index contributed by atoms with van der Waals surface area (Å²) in [6.45, 7) is 5.34. The van der Waals surface area contributed by atoms with Crippen molar-refractivity contribution in [2.45, 2.75) is 20.8 Å². The highest BCUT2D eigenvalue weighted by Gasteiger charge is 2.17. The molecule has 3 aromatic carbocycles. The number of hydrogen-bond donors (Lipinski definition) is 0. The lowest BCUT2D eigenvalue weighted by Gasteiger charge is -2.10. The Morgan fingerprint density at radius 3 is 2.58 bits per heavy atom. The van der Waals surface area contributed by atoms with Crippen LogP contribution in [0, 0.1) is 13.8 Å². The average molecular weight is 595 g/mol. The monoisotopic (exact) mass is 594 g/mol. The van der Waals surface area contributed by atoms with E-state index in [1.807, 2.05) is 62.4 Å². The number of hydrogen-bond acceptors (Lipinski definition) is 6. The summed E-state index contributed by atoms with van der Waals surface area (Å²) in [6.07, 6.45) is 1.66. The van der Waals surface area contributed by atoms with E-state index in [4.69, 9.17) is 14.1 Å². The first kappa shape index (κ1) is 25.5. The predicted octanol–water partition coefficient (Wildman–Crippen LogP) is 6.79. The zero-order valence-corrected chi connectivity index (χ0v) is 23.5. The van der Waals surface area contributed by atoms with Gasteiger partial charge in [0.25, 0.3) is 5.56 Å². The predicted molar refractivity (Wildman–Crippen MR) is 158 cm³/mol. The second-order valence-electron chi connectivity index (χ2n) is 9.36. The molecule has 8 nitrogen and oxygen atoms in total. The molecule has 0 aliphatic rings. The lowest BCUT2D eigenvalue weighted by atomic mass is 10.2. The molecule has 0 amide bonds. The van der Waals surface area contributed by atoms with Crippen molar-refractivity contribution in [3.05, 3.63) is 111 Å². The molecule has 0 radical (unpaired) electrons. The summed E-state index contributed by atoms with van der Waals surface area (Å²) in [6, 6.07) is 24.0. The Morgan fingerprint density at radius 1 is 1.02 bits per heavy atom. The van der Waals surface area contributed by atoms with Gasteiger partial charge in [-0.15, -0.1) is 0 Å². The van der Waals surface area contributed by atoms with Crippen LogP contribution in [0.2, 0.25) is 0 Å². The molecule has 0 spiro atoms. The minimum absolute atomic E-state index is 0.298. The maximum absolute atomic E-state index is 13.6. The molecule has 6 aromatic rings. The number of carbonyl (C=O) groups excluding carboxylic acids is 1. The van der Waals surface area contributed by atoms with Gasteiger partial charge in [0.2, 0.25) is 5.82 Å². The summed E-state index contributed by atoms with van der Waals surface area (Å²) in [4.78, 5) is 29.6. The second kappa shape index (κ2) is 10.1. The fourth-order valence-corrected chi connectivity index (χ4v) is 5.16. The molecular formula is C31H23BrN4O4. The van der Waals surface area contributed by atoms with Crippen LogP contribution in [0.3, 0.4) is 0 Å². The third-order valence-corrected chi connectivity index (χ3v) is 7.08. The SMILES string of the molecule is CC(=O)Oc1ccc(-n2c(C)cc(C=Nn3c(-c4cc5cc(Br)ccc5o4)nc4ccccc4c3=O)c2C)cc1. The minimum Gasteiger partial charge on any atom is -0.453 e. The van der Waals surface area contributed by atoms with Gasteiger partial charge in [-0.1, -0.05) is 28.1 Å². The Balaban J connectivity index is 1.45. The first-order valence-electron chi connectivity index (χ1n) is 12.5. The maximum atomic E-state index is 13.6. The van der Waals surface area contributed by atoms with Crippen LogP contribution in [0.25, 0.3) is 39.1 Å². The van der Waals surface area contributed by atoms with E-state index >= 15 is 0 Å². The first-order chi connectivity index (χ1) is 19.3. The van der Waals surface area contributed by atoms with Gasteiger partial charge in [0.1, 0.15) is 11.3 Å². The number of furan rings is 1. The number of ether oxygens (including phenoxy) is 1. The molecule has 0 saturated heterocycles. The molecule has 0 bridgehead atoms. The second-order valence-corrected chi connectivity index (χ2v) is 10.3. The Labute approximate surface area is 237 Å². The van der Waals surface area contributed by atoms with E-state index in [9.17, 15) is 9.59 Å². The molecule has 0 saturated carbocycles. The quantitative estimate of drug-likeness (QED) is 0.124. The summed E-state index contributed by atoms with van der Waals surface area (Å²) >= 11 is 3.49. The standard InChI is InChI=1S/C31H23BrN4O4/c1-18-14-22(19(2)35(18)24-9-11-25(12-10-24)39-20(3)37)17-33-36-30(34-27-7-5-4-6-26(27)31(36)38)29-16-21-15-23(32)8-13-28(21)40-29/h4-17H,1-3H3. The number of para-hydroxylation sites is 1. The van der Waals surface area contributed by atoms with Gasteiger partial charge < -0.3 is 13.7 Å². The van der Waals surface area contributed by atoms with Gasteiger partial charge in [-0.05, 0) is 80.6 Å². The normalized spacial score (nSPS) is 11.6. The Morgan fingerprint density at radius 2 is 1.80 bits per heavy atom. The average Bonchev–Trinajstić information content (AvgIpc) is 3.47. The van der Waals surface area contributed by atoms with Crippen LogP contribution < -0.4 is 10.3 Å². The molecule has 0 N–H and O–H groups in total. The molecule has 0 unspecified atom stereocenters. The number of halogens is 1. The highest BCUT2D eigenvalue weighted by molar-refractivity contribution is 9.10. The van der Waals surface area contributed by atoms with Gasteiger partial charge in [-0.25, -0.2) is 4.98 Å². The number of fused-ring (bicyclic) bond motifs is 2. The Kier molecular flexibility index (Phi) is 6.43. The summed E-state index contributed by atoms with van der Waals surface area (Å²) < 4.78 is 15.5. The fourth-order valence-electron chi connectivity index (χ4n) is 4.78. The number of aryl methyl sites for hydroxylation is 1. The van der Waals surface area contributed by atoms with E-state index in [1.54, 1.807) is 36.5 Å². The molecule has 0 fully saturated rings. The van der Waals surface area contributed by atoms with Crippen molar-refractivity contribution in [3.8, 4) is 23.0 Å². The van der Waals surface area contributed by atoms with Crippen LogP contribution in [0.1, 0.15) is 23.9 Å². The topological polar surface area (TPSA) is 91.6 Å². The zero-order valence-electron chi connectivity index (χ0n) is 21.9. The van der Waals surface area contributed by atoms with E-state index in [-0.39, 0.29) is 11.5 Å². The van der Waals surface area contributed by atoms with E-state index in [1.165, 1.54) is 11.6 Å². The van der Waals surface area contributed by atoms with Gasteiger partial charge in [-0.2, -0.15) is 9.78 Å². The molecule has 0 atom stereocenters. The number of esters is 1.